The molecule has 1 heterocycles. The van der Waals surface area contributed by atoms with E-state index in [1.807, 2.05) is 0 Å². The number of aliphatic hydroxyl groups excluding tert-OH is 1. The second-order valence-corrected chi connectivity index (χ2v) is 8.96. The van der Waals surface area contributed by atoms with Crippen LogP contribution >= 0.6 is 0 Å². The quantitative estimate of drug-likeness (QED) is 0.840. The molecule has 1 spiro atoms. The monoisotopic (exact) mass is 370 g/mol. The predicted octanol–water partition coefficient (Wildman–Crippen LogP) is 4.01. The van der Waals surface area contributed by atoms with Crippen LogP contribution in [-0.4, -0.2) is 48.0 Å². The van der Waals surface area contributed by atoms with Gasteiger partial charge in [-0.25, -0.2) is 0 Å². The lowest BCUT2D eigenvalue weighted by Gasteiger charge is -2.37. The summed E-state index contributed by atoms with van der Waals surface area (Å²) in [4.78, 5) is 2.74. The molecule has 1 saturated heterocycles. The average molecular weight is 371 g/mol. The van der Waals surface area contributed by atoms with Crippen LogP contribution in [0, 0.1) is 0 Å². The molecule has 4 nitrogen and oxygen atoms in total. The predicted molar refractivity (Wildman–Crippen MR) is 110 cm³/mol. The summed E-state index contributed by atoms with van der Waals surface area (Å²) in [5, 5.41) is 11.0. The van der Waals surface area contributed by atoms with Gasteiger partial charge in [0, 0.05) is 41.8 Å². The van der Waals surface area contributed by atoms with Gasteiger partial charge < -0.3 is 15.2 Å². The van der Waals surface area contributed by atoms with Crippen molar-refractivity contribution in [3.63, 3.8) is 0 Å². The Morgan fingerprint density at radius 1 is 1.41 bits per heavy atom. The van der Waals surface area contributed by atoms with Gasteiger partial charge in [-0.15, -0.1) is 0 Å². The third kappa shape index (κ3) is 2.60. The number of benzene rings is 1. The molecule has 0 bridgehead atoms. The first-order valence-electron chi connectivity index (χ1n) is 10.4. The molecule has 1 aliphatic heterocycles. The lowest BCUT2D eigenvalue weighted by atomic mass is 9.77. The Hall–Kier alpha value is -1.36. The fraction of sp³-hybridized carbons (Fsp3) is 0.652. The van der Waals surface area contributed by atoms with Crippen molar-refractivity contribution >= 4 is 5.69 Å². The summed E-state index contributed by atoms with van der Waals surface area (Å²) >= 11 is 0. The Kier molecular flexibility index (Phi) is 4.65. The number of nitrogens with one attached hydrogen (secondary N) is 1. The summed E-state index contributed by atoms with van der Waals surface area (Å²) < 4.78 is 5.76. The van der Waals surface area contributed by atoms with Crippen molar-refractivity contribution in [1.82, 2.24) is 4.90 Å². The number of nitrogens with zero attached hydrogens (tertiary/aromatic N) is 1. The summed E-state index contributed by atoms with van der Waals surface area (Å²) in [5.74, 6) is 0.789. The van der Waals surface area contributed by atoms with Crippen LogP contribution in [0.5, 0.6) is 0 Å². The van der Waals surface area contributed by atoms with Crippen LogP contribution in [-0.2, 0) is 10.2 Å². The Labute approximate surface area is 163 Å². The van der Waals surface area contributed by atoms with Crippen molar-refractivity contribution in [3.8, 4) is 0 Å². The van der Waals surface area contributed by atoms with Crippen molar-refractivity contribution in [2.45, 2.75) is 76.0 Å². The van der Waals surface area contributed by atoms with Gasteiger partial charge in [0.2, 0.25) is 0 Å². The van der Waals surface area contributed by atoms with Gasteiger partial charge in [-0.05, 0) is 83.5 Å². The molecule has 3 fully saturated rings. The molecular formula is C23H34N2O2. The van der Waals surface area contributed by atoms with E-state index in [1.165, 1.54) is 30.5 Å². The average Bonchev–Trinajstić information content (AvgIpc) is 3.45. The van der Waals surface area contributed by atoms with Gasteiger partial charge >= 0.3 is 0 Å². The van der Waals surface area contributed by atoms with E-state index in [0.717, 1.165) is 12.5 Å². The van der Waals surface area contributed by atoms with Crippen LogP contribution in [0.4, 0.5) is 5.69 Å². The van der Waals surface area contributed by atoms with Crippen molar-refractivity contribution in [2.24, 2.45) is 0 Å². The minimum absolute atomic E-state index is 0.250. The van der Waals surface area contributed by atoms with Gasteiger partial charge in [0.05, 0.1) is 6.10 Å². The van der Waals surface area contributed by atoms with Crippen molar-refractivity contribution in [2.75, 3.05) is 25.6 Å². The third-order valence-electron chi connectivity index (χ3n) is 7.09. The third-order valence-corrected chi connectivity index (χ3v) is 7.09. The van der Waals surface area contributed by atoms with E-state index in [4.69, 9.17) is 9.84 Å². The lowest BCUT2D eigenvalue weighted by Crippen LogP contribution is -2.44. The molecule has 5 rings (SSSR count). The molecule has 1 aromatic carbocycles. The number of rotatable bonds is 4. The number of likely N-dealkylation sites (N-methyl/N-ethyl adjacent to an activating group) is 1. The van der Waals surface area contributed by atoms with Crippen LogP contribution in [0.25, 0.3) is 0 Å². The standard InChI is InChI=1S/C21H28N2O.C2H6O/c1-13(2)11-22-15-5-6-18-17(10-15)19-20(18)12-21(19,20)23(4)16-7-8-24-14(3)9-16;1-2-3/h5-6,10-11,14,16,19,22H,7-9,12H2,1-4H3;3H,2H2,1H3/t14-,16-,19?,20?,21?;/m1./s1. The minimum Gasteiger partial charge on any atom is -0.397 e. The second-order valence-electron chi connectivity index (χ2n) is 8.96. The number of allylic oxidation sites excluding steroid dienone is 1. The van der Waals surface area contributed by atoms with Crippen LogP contribution in [0.1, 0.15) is 64.0 Å². The Morgan fingerprint density at radius 3 is 2.81 bits per heavy atom. The summed E-state index contributed by atoms with van der Waals surface area (Å²) in [6.07, 6.45) is 6.26. The van der Waals surface area contributed by atoms with E-state index < -0.39 is 0 Å². The van der Waals surface area contributed by atoms with Crippen LogP contribution in [0.15, 0.2) is 30.0 Å². The maximum atomic E-state index is 7.57. The first kappa shape index (κ1) is 19.0. The zero-order valence-corrected chi connectivity index (χ0v) is 17.4. The van der Waals surface area contributed by atoms with E-state index >= 15 is 0 Å². The Balaban J connectivity index is 0.000000565. The largest absolute Gasteiger partial charge is 0.397 e. The summed E-state index contributed by atoms with van der Waals surface area (Å²) in [6, 6.07) is 7.71. The summed E-state index contributed by atoms with van der Waals surface area (Å²) in [5.41, 5.74) is 6.73. The Morgan fingerprint density at radius 2 is 2.15 bits per heavy atom. The van der Waals surface area contributed by atoms with Gasteiger partial charge in [-0.2, -0.15) is 0 Å². The van der Waals surface area contributed by atoms with Gasteiger partial charge in [0.1, 0.15) is 0 Å². The molecule has 148 valence electrons. The second kappa shape index (κ2) is 6.61. The highest BCUT2D eigenvalue weighted by Gasteiger charge is 2.98. The minimum atomic E-state index is 0.250. The number of aliphatic hydroxyl groups is 1. The molecule has 0 aromatic heterocycles. The van der Waals surface area contributed by atoms with Crippen LogP contribution in [0.2, 0.25) is 0 Å². The van der Waals surface area contributed by atoms with Crippen LogP contribution < -0.4 is 5.32 Å². The summed E-state index contributed by atoms with van der Waals surface area (Å²) in [6.45, 7) is 9.32. The molecule has 27 heavy (non-hydrogen) atoms. The highest BCUT2D eigenvalue weighted by molar-refractivity contribution is 5.79. The molecule has 2 N–H and O–H groups in total. The number of hydrogen-bond acceptors (Lipinski definition) is 4. The van der Waals surface area contributed by atoms with Gasteiger partial charge in [-0.1, -0.05) is 11.6 Å². The molecule has 0 amide bonds. The number of ether oxygens (including phenoxy) is 1. The molecule has 4 aliphatic rings. The molecule has 5 atom stereocenters. The molecular weight excluding hydrogens is 336 g/mol. The highest BCUT2D eigenvalue weighted by Crippen LogP contribution is 2.95. The molecule has 1 aromatic rings. The van der Waals surface area contributed by atoms with E-state index in [2.05, 4.69) is 62.4 Å². The fourth-order valence-electron chi connectivity index (χ4n) is 5.79. The molecule has 3 aliphatic carbocycles. The number of anilines is 1. The normalized spacial score (nSPS) is 36.9. The van der Waals surface area contributed by atoms with Gasteiger partial charge in [0.25, 0.3) is 0 Å². The van der Waals surface area contributed by atoms with Gasteiger partial charge in [0.15, 0.2) is 0 Å². The lowest BCUT2D eigenvalue weighted by molar-refractivity contribution is -0.0189. The van der Waals surface area contributed by atoms with Crippen molar-refractivity contribution < 1.29 is 9.84 Å². The smallest absolute Gasteiger partial charge is 0.0561 e. The first-order chi connectivity index (χ1) is 12.9. The Bertz CT molecular complexity index is 757. The topological polar surface area (TPSA) is 44.7 Å². The van der Waals surface area contributed by atoms with Gasteiger partial charge in [-0.3, -0.25) is 4.90 Å². The van der Waals surface area contributed by atoms with E-state index in [1.54, 1.807) is 18.1 Å². The summed E-state index contributed by atoms with van der Waals surface area (Å²) in [7, 11) is 2.37. The van der Waals surface area contributed by atoms with E-state index in [0.29, 0.717) is 23.1 Å². The fourth-order valence-corrected chi connectivity index (χ4v) is 5.79. The highest BCUT2D eigenvalue weighted by atomic mass is 16.5. The molecule has 3 unspecified atom stereocenters. The zero-order valence-electron chi connectivity index (χ0n) is 17.4. The molecule has 2 saturated carbocycles. The van der Waals surface area contributed by atoms with E-state index in [9.17, 15) is 0 Å². The zero-order chi connectivity index (χ0) is 19.4. The van der Waals surface area contributed by atoms with Crippen molar-refractivity contribution in [1.29, 1.82) is 0 Å². The molecule has 0 radical (unpaired) electrons. The number of fused-ring (bicyclic) bond motifs is 3. The number of hydrogen-bond donors (Lipinski definition) is 2. The van der Waals surface area contributed by atoms with E-state index in [-0.39, 0.29) is 6.61 Å². The first-order valence-corrected chi connectivity index (χ1v) is 10.4. The van der Waals surface area contributed by atoms with Crippen LogP contribution in [0.3, 0.4) is 0 Å². The molecule has 4 heteroatoms. The SMILES string of the molecule is CC(C)=CNc1ccc2c(c1)C1C23CC13N(C)[C@@H]1CCO[C@H](C)C1.CCO. The van der Waals surface area contributed by atoms with Crippen molar-refractivity contribution in [3.05, 3.63) is 41.1 Å². The maximum absolute atomic E-state index is 7.57. The maximum Gasteiger partial charge on any atom is 0.0561 e.